The molecule has 1 aromatic carbocycles. The van der Waals surface area contributed by atoms with Crippen LogP contribution >= 0.6 is 0 Å². The largest absolute Gasteiger partial charge is 0.353 e. The van der Waals surface area contributed by atoms with Crippen molar-refractivity contribution in [2.45, 2.75) is 51.6 Å². The first kappa shape index (κ1) is 20.4. The predicted octanol–water partition coefficient (Wildman–Crippen LogP) is 1.67. The van der Waals surface area contributed by atoms with Crippen LogP contribution in [0.25, 0.3) is 0 Å². The van der Waals surface area contributed by atoms with Gasteiger partial charge in [0.15, 0.2) is 0 Å². The highest BCUT2D eigenvalue weighted by Crippen LogP contribution is 2.31. The Morgan fingerprint density at radius 3 is 2.30 bits per heavy atom. The van der Waals surface area contributed by atoms with E-state index in [1.165, 1.54) is 4.90 Å². The summed E-state index contributed by atoms with van der Waals surface area (Å²) >= 11 is 0. The van der Waals surface area contributed by atoms with Crippen molar-refractivity contribution in [2.75, 3.05) is 24.5 Å². The normalized spacial score (nSPS) is 24.8. The smallest absolute Gasteiger partial charge is 0.332 e. The molecule has 0 spiro atoms. The van der Waals surface area contributed by atoms with Crippen LogP contribution in [-0.4, -0.2) is 65.3 Å². The molecule has 30 heavy (non-hydrogen) atoms. The van der Waals surface area contributed by atoms with Crippen LogP contribution in [0, 0.1) is 12.8 Å². The molecule has 5 amide bonds. The standard InChI is InChI=1S/C22H28N4O4/c1-14-3-5-18(6-4-14)26-21(29)19-13-17(9-12-25(19)22(26)30)23-20(28)16-7-10-24(11-8-16)15(2)27/h3-6,16-17,19H,7-13H2,1-2H3,(H,23,28). The van der Waals surface area contributed by atoms with Gasteiger partial charge in [-0.1, -0.05) is 17.7 Å². The van der Waals surface area contributed by atoms with Crippen molar-refractivity contribution in [1.29, 1.82) is 0 Å². The molecule has 160 valence electrons. The SMILES string of the molecule is CC(=O)N1CCC(C(=O)NC2CCN3C(=O)N(c4ccc(C)cc4)C(=O)C3C2)CC1. The number of piperidine rings is 2. The van der Waals surface area contributed by atoms with Crippen LogP contribution in [-0.2, 0) is 14.4 Å². The van der Waals surface area contributed by atoms with Crippen molar-refractivity contribution < 1.29 is 19.2 Å². The molecule has 3 fully saturated rings. The summed E-state index contributed by atoms with van der Waals surface area (Å²) in [6.07, 6.45) is 2.39. The van der Waals surface area contributed by atoms with Crippen LogP contribution in [0.4, 0.5) is 10.5 Å². The fourth-order valence-electron chi connectivity index (χ4n) is 4.64. The number of anilines is 1. The second-order valence-electron chi connectivity index (χ2n) is 8.51. The maximum absolute atomic E-state index is 13.0. The van der Waals surface area contributed by atoms with Gasteiger partial charge in [0.1, 0.15) is 6.04 Å². The molecule has 2 atom stereocenters. The molecule has 3 heterocycles. The lowest BCUT2D eigenvalue weighted by Crippen LogP contribution is -2.51. The zero-order valence-corrected chi connectivity index (χ0v) is 17.5. The quantitative estimate of drug-likeness (QED) is 0.765. The fourth-order valence-corrected chi connectivity index (χ4v) is 4.64. The monoisotopic (exact) mass is 412 g/mol. The van der Waals surface area contributed by atoms with Gasteiger partial charge in [-0.05, 0) is 44.7 Å². The third kappa shape index (κ3) is 3.78. The van der Waals surface area contributed by atoms with Crippen molar-refractivity contribution >= 4 is 29.4 Å². The summed E-state index contributed by atoms with van der Waals surface area (Å²) in [6.45, 7) is 5.16. The molecule has 0 radical (unpaired) electrons. The zero-order valence-electron chi connectivity index (χ0n) is 17.5. The minimum absolute atomic E-state index is 0.0104. The Labute approximate surface area is 176 Å². The lowest BCUT2D eigenvalue weighted by atomic mass is 9.93. The van der Waals surface area contributed by atoms with Gasteiger partial charge >= 0.3 is 6.03 Å². The van der Waals surface area contributed by atoms with E-state index in [1.807, 2.05) is 19.1 Å². The number of nitrogens with one attached hydrogen (secondary N) is 1. The fraction of sp³-hybridized carbons (Fsp3) is 0.545. The molecule has 0 bridgehead atoms. The molecule has 0 saturated carbocycles. The van der Waals surface area contributed by atoms with Crippen LogP contribution in [0.5, 0.6) is 0 Å². The van der Waals surface area contributed by atoms with Gasteiger partial charge < -0.3 is 15.1 Å². The highest BCUT2D eigenvalue weighted by molar-refractivity contribution is 6.21. The minimum atomic E-state index is -0.530. The average Bonchev–Trinajstić information content (AvgIpc) is 2.98. The number of carbonyl (C=O) groups excluding carboxylic acids is 4. The second kappa shape index (κ2) is 8.08. The van der Waals surface area contributed by atoms with Crippen LogP contribution in [0.3, 0.4) is 0 Å². The number of amides is 5. The number of likely N-dealkylation sites (tertiary alicyclic amines) is 1. The number of nitrogens with zero attached hydrogens (tertiary/aromatic N) is 3. The number of urea groups is 1. The summed E-state index contributed by atoms with van der Waals surface area (Å²) < 4.78 is 0. The van der Waals surface area contributed by atoms with E-state index in [2.05, 4.69) is 5.32 Å². The first-order valence-electron chi connectivity index (χ1n) is 10.6. The van der Waals surface area contributed by atoms with Crippen molar-refractivity contribution in [3.05, 3.63) is 29.8 Å². The predicted molar refractivity (Wildman–Crippen MR) is 111 cm³/mol. The average molecular weight is 412 g/mol. The van der Waals surface area contributed by atoms with Gasteiger partial charge in [0, 0.05) is 38.5 Å². The van der Waals surface area contributed by atoms with E-state index < -0.39 is 6.04 Å². The third-order valence-electron chi connectivity index (χ3n) is 6.49. The van der Waals surface area contributed by atoms with Crippen molar-refractivity contribution in [2.24, 2.45) is 5.92 Å². The molecular formula is C22H28N4O4. The van der Waals surface area contributed by atoms with Gasteiger partial charge in [-0.2, -0.15) is 0 Å². The summed E-state index contributed by atoms with van der Waals surface area (Å²) in [5, 5.41) is 3.09. The van der Waals surface area contributed by atoms with E-state index >= 15 is 0 Å². The van der Waals surface area contributed by atoms with Gasteiger partial charge in [0.25, 0.3) is 5.91 Å². The lowest BCUT2D eigenvalue weighted by molar-refractivity contribution is -0.134. The van der Waals surface area contributed by atoms with Gasteiger partial charge in [-0.25, -0.2) is 9.69 Å². The number of hydrogen-bond acceptors (Lipinski definition) is 4. The Morgan fingerprint density at radius 2 is 1.67 bits per heavy atom. The van der Waals surface area contributed by atoms with Crippen LogP contribution in [0.15, 0.2) is 24.3 Å². The Kier molecular flexibility index (Phi) is 5.49. The Balaban J connectivity index is 1.37. The molecule has 1 aromatic rings. The summed E-state index contributed by atoms with van der Waals surface area (Å²) in [4.78, 5) is 54.6. The van der Waals surface area contributed by atoms with Gasteiger partial charge in [-0.3, -0.25) is 14.4 Å². The first-order chi connectivity index (χ1) is 14.3. The number of benzene rings is 1. The highest BCUT2D eigenvalue weighted by atomic mass is 16.2. The minimum Gasteiger partial charge on any atom is -0.353 e. The lowest BCUT2D eigenvalue weighted by Gasteiger charge is -2.35. The Bertz CT molecular complexity index is 860. The van der Waals surface area contributed by atoms with Crippen LogP contribution in [0.1, 0.15) is 38.2 Å². The maximum atomic E-state index is 13.0. The van der Waals surface area contributed by atoms with E-state index in [9.17, 15) is 19.2 Å². The van der Waals surface area contributed by atoms with Gasteiger partial charge in [0.2, 0.25) is 11.8 Å². The van der Waals surface area contributed by atoms with E-state index in [1.54, 1.807) is 28.9 Å². The molecule has 0 aliphatic carbocycles. The Morgan fingerprint density at radius 1 is 1.00 bits per heavy atom. The molecule has 3 aliphatic rings. The van der Waals surface area contributed by atoms with E-state index in [-0.39, 0.29) is 35.7 Å². The van der Waals surface area contributed by atoms with E-state index in [4.69, 9.17) is 0 Å². The first-order valence-corrected chi connectivity index (χ1v) is 10.6. The third-order valence-corrected chi connectivity index (χ3v) is 6.49. The number of carbonyl (C=O) groups is 4. The summed E-state index contributed by atoms with van der Waals surface area (Å²) in [6, 6.07) is 6.40. The number of hydrogen-bond donors (Lipinski definition) is 1. The molecule has 0 aromatic heterocycles. The van der Waals surface area contributed by atoms with Gasteiger partial charge in [0.05, 0.1) is 5.69 Å². The van der Waals surface area contributed by atoms with Crippen LogP contribution < -0.4 is 10.2 Å². The molecule has 3 saturated heterocycles. The van der Waals surface area contributed by atoms with Gasteiger partial charge in [-0.15, -0.1) is 0 Å². The van der Waals surface area contributed by atoms with Crippen molar-refractivity contribution in [3.63, 3.8) is 0 Å². The maximum Gasteiger partial charge on any atom is 0.332 e. The molecule has 3 aliphatic heterocycles. The molecule has 4 rings (SSSR count). The molecular weight excluding hydrogens is 384 g/mol. The molecule has 2 unspecified atom stereocenters. The topological polar surface area (TPSA) is 90.0 Å². The summed E-state index contributed by atoms with van der Waals surface area (Å²) in [5.41, 5.74) is 1.65. The number of imide groups is 1. The van der Waals surface area contributed by atoms with Crippen molar-refractivity contribution in [1.82, 2.24) is 15.1 Å². The molecule has 1 N–H and O–H groups in total. The summed E-state index contributed by atoms with van der Waals surface area (Å²) in [5.74, 6) is -0.297. The van der Waals surface area contributed by atoms with E-state index in [0.29, 0.717) is 51.0 Å². The summed E-state index contributed by atoms with van der Waals surface area (Å²) in [7, 11) is 0. The van der Waals surface area contributed by atoms with Crippen molar-refractivity contribution in [3.8, 4) is 0 Å². The zero-order chi connectivity index (χ0) is 21.4. The number of fused-ring (bicyclic) bond motifs is 1. The number of rotatable bonds is 3. The van der Waals surface area contributed by atoms with Crippen LogP contribution in [0.2, 0.25) is 0 Å². The molecule has 8 nitrogen and oxygen atoms in total. The second-order valence-corrected chi connectivity index (χ2v) is 8.51. The number of aryl methyl sites for hydroxylation is 1. The van der Waals surface area contributed by atoms with E-state index in [0.717, 1.165) is 5.56 Å². The molecule has 8 heteroatoms. The Hall–Kier alpha value is -2.90. The highest BCUT2D eigenvalue weighted by Gasteiger charge is 2.48.